The zero-order valence-electron chi connectivity index (χ0n) is 14.9. The number of carboxylic acids is 1. The fourth-order valence-corrected chi connectivity index (χ4v) is 2.64. The molecular weight excluding hydrogens is 342 g/mol. The van der Waals surface area contributed by atoms with Crippen LogP contribution in [0.3, 0.4) is 0 Å². The number of anilines is 1. The van der Waals surface area contributed by atoms with Crippen molar-refractivity contribution in [2.75, 3.05) is 26.0 Å². The van der Waals surface area contributed by atoms with Gasteiger partial charge in [0.2, 0.25) is 5.91 Å². The monoisotopic (exact) mass is 367 g/mol. The van der Waals surface area contributed by atoms with Gasteiger partial charge in [-0.2, -0.15) is 0 Å². The Bertz CT molecular complexity index is 622. The van der Waals surface area contributed by atoms with Crippen LogP contribution in [0.4, 0.5) is 5.69 Å². The van der Waals surface area contributed by atoms with Crippen molar-refractivity contribution < 1.29 is 19.4 Å². The third-order valence-corrected chi connectivity index (χ3v) is 3.92. The van der Waals surface area contributed by atoms with E-state index in [1.165, 1.54) is 11.9 Å². The van der Waals surface area contributed by atoms with E-state index in [4.69, 9.17) is 17.0 Å². The average molecular weight is 367 g/mol. The van der Waals surface area contributed by atoms with Gasteiger partial charge < -0.3 is 25.4 Å². The first-order chi connectivity index (χ1) is 11.8. The number of amides is 1. The van der Waals surface area contributed by atoms with Crippen molar-refractivity contribution in [3.05, 3.63) is 24.3 Å². The molecule has 7 nitrogen and oxygen atoms in total. The Balaban J connectivity index is 2.49. The summed E-state index contributed by atoms with van der Waals surface area (Å²) in [6, 6.07) is 6.49. The Morgan fingerprint density at radius 2 is 1.96 bits per heavy atom. The fraction of sp³-hybridized carbons (Fsp3) is 0.471. The number of methoxy groups -OCH3 is 1. The van der Waals surface area contributed by atoms with Crippen LogP contribution < -0.4 is 15.4 Å². The van der Waals surface area contributed by atoms with E-state index in [9.17, 15) is 14.7 Å². The molecule has 1 amide bonds. The number of hydrogen-bond donors (Lipinski definition) is 3. The second-order valence-electron chi connectivity index (χ2n) is 5.86. The van der Waals surface area contributed by atoms with Crippen LogP contribution in [0.25, 0.3) is 0 Å². The number of para-hydroxylation sites is 2. The van der Waals surface area contributed by atoms with E-state index in [2.05, 4.69) is 10.6 Å². The van der Waals surface area contributed by atoms with Gasteiger partial charge in [0.25, 0.3) is 0 Å². The second-order valence-corrected chi connectivity index (χ2v) is 6.27. The largest absolute Gasteiger partial charge is 0.495 e. The molecule has 1 atom stereocenters. The molecule has 1 aromatic carbocycles. The lowest BCUT2D eigenvalue weighted by molar-refractivity contribution is -0.150. The van der Waals surface area contributed by atoms with Crippen LogP contribution >= 0.6 is 12.2 Å². The average Bonchev–Trinajstić information content (AvgIpc) is 2.54. The highest BCUT2D eigenvalue weighted by Gasteiger charge is 2.29. The number of carbonyl (C=O) groups is 2. The van der Waals surface area contributed by atoms with E-state index in [0.29, 0.717) is 17.4 Å². The molecule has 8 heteroatoms. The minimum atomic E-state index is -1.01. The van der Waals surface area contributed by atoms with Crippen LogP contribution in [0.15, 0.2) is 24.3 Å². The molecule has 0 saturated heterocycles. The first kappa shape index (κ1) is 20.7. The summed E-state index contributed by atoms with van der Waals surface area (Å²) < 4.78 is 5.23. The Morgan fingerprint density at radius 1 is 1.32 bits per heavy atom. The van der Waals surface area contributed by atoms with Crippen molar-refractivity contribution in [3.63, 3.8) is 0 Å². The van der Waals surface area contributed by atoms with Crippen molar-refractivity contribution in [1.29, 1.82) is 0 Å². The van der Waals surface area contributed by atoms with Gasteiger partial charge in [-0.3, -0.25) is 4.79 Å². The van der Waals surface area contributed by atoms with Crippen LogP contribution in [0, 0.1) is 5.92 Å². The summed E-state index contributed by atoms with van der Waals surface area (Å²) in [5.41, 5.74) is 0.719. The lowest BCUT2D eigenvalue weighted by Crippen LogP contribution is -2.46. The molecule has 1 rings (SSSR count). The quantitative estimate of drug-likeness (QED) is 0.605. The number of carboxylic acid groups (broad SMARTS) is 1. The van der Waals surface area contributed by atoms with Crippen molar-refractivity contribution in [1.82, 2.24) is 10.2 Å². The maximum Gasteiger partial charge on any atom is 0.326 e. The van der Waals surface area contributed by atoms with E-state index < -0.39 is 12.0 Å². The van der Waals surface area contributed by atoms with Gasteiger partial charge in [-0.1, -0.05) is 26.0 Å². The molecule has 0 spiro atoms. The summed E-state index contributed by atoms with van der Waals surface area (Å²) in [5.74, 6) is -0.780. The van der Waals surface area contributed by atoms with Crippen LogP contribution in [0.2, 0.25) is 0 Å². The van der Waals surface area contributed by atoms with E-state index >= 15 is 0 Å². The molecule has 1 aromatic rings. The Kier molecular flexibility index (Phi) is 8.13. The summed E-state index contributed by atoms with van der Waals surface area (Å²) in [4.78, 5) is 24.7. The number of hydrogen-bond acceptors (Lipinski definition) is 4. The van der Waals surface area contributed by atoms with Gasteiger partial charge in [-0.25, -0.2) is 4.79 Å². The molecular formula is C17H25N3O4S. The SMILES string of the molecule is COc1ccccc1NC(=S)NCCC(=O)N(C)C(C(=O)O)C(C)C. The van der Waals surface area contributed by atoms with Crippen LogP contribution in [0.1, 0.15) is 20.3 Å². The third-order valence-electron chi connectivity index (χ3n) is 3.67. The molecule has 3 N–H and O–H groups in total. The van der Waals surface area contributed by atoms with Gasteiger partial charge in [0.1, 0.15) is 11.8 Å². The molecule has 0 aliphatic heterocycles. The van der Waals surface area contributed by atoms with E-state index in [1.807, 2.05) is 18.2 Å². The molecule has 0 radical (unpaired) electrons. The maximum absolute atomic E-state index is 12.2. The summed E-state index contributed by atoms with van der Waals surface area (Å²) in [5, 5.41) is 15.5. The minimum Gasteiger partial charge on any atom is -0.495 e. The lowest BCUT2D eigenvalue weighted by Gasteiger charge is -2.27. The number of thiocarbonyl (C=S) groups is 1. The highest BCUT2D eigenvalue weighted by Crippen LogP contribution is 2.22. The number of carbonyl (C=O) groups excluding carboxylic acids is 1. The van der Waals surface area contributed by atoms with Gasteiger partial charge in [0, 0.05) is 20.0 Å². The summed E-state index contributed by atoms with van der Waals surface area (Å²) in [6.45, 7) is 3.84. The normalized spacial score (nSPS) is 11.6. The van der Waals surface area contributed by atoms with Crippen LogP contribution in [0.5, 0.6) is 5.75 Å². The molecule has 1 unspecified atom stereocenters. The topological polar surface area (TPSA) is 90.9 Å². The van der Waals surface area contributed by atoms with Crippen LogP contribution in [-0.2, 0) is 9.59 Å². The predicted octanol–water partition coefficient (Wildman–Crippen LogP) is 1.94. The van der Waals surface area contributed by atoms with Gasteiger partial charge in [0.15, 0.2) is 5.11 Å². The van der Waals surface area contributed by atoms with E-state index in [-0.39, 0.29) is 18.2 Å². The lowest BCUT2D eigenvalue weighted by atomic mass is 10.0. The molecule has 0 heterocycles. The molecule has 0 aliphatic carbocycles. The first-order valence-electron chi connectivity index (χ1n) is 7.94. The number of nitrogens with one attached hydrogen (secondary N) is 2. The summed E-state index contributed by atoms with van der Waals surface area (Å²) >= 11 is 5.20. The van der Waals surface area contributed by atoms with Crippen molar-refractivity contribution in [2.45, 2.75) is 26.3 Å². The zero-order chi connectivity index (χ0) is 19.0. The molecule has 0 aliphatic rings. The molecule has 0 fully saturated rings. The summed E-state index contributed by atoms with van der Waals surface area (Å²) in [6.07, 6.45) is 0.140. The molecule has 138 valence electrons. The van der Waals surface area contributed by atoms with Crippen molar-refractivity contribution in [3.8, 4) is 5.75 Å². The van der Waals surface area contributed by atoms with Gasteiger partial charge in [-0.05, 0) is 30.3 Å². The number of ether oxygens (including phenoxy) is 1. The second kappa shape index (κ2) is 9.83. The fourth-order valence-electron chi connectivity index (χ4n) is 2.43. The van der Waals surface area contributed by atoms with Crippen LogP contribution in [-0.4, -0.2) is 53.7 Å². The molecule has 0 aromatic heterocycles. The smallest absolute Gasteiger partial charge is 0.326 e. The number of nitrogens with zero attached hydrogens (tertiary/aromatic N) is 1. The molecule has 0 saturated carbocycles. The number of aliphatic carboxylic acids is 1. The Hall–Kier alpha value is -2.35. The van der Waals surface area contributed by atoms with Gasteiger partial charge in [0.05, 0.1) is 12.8 Å². The maximum atomic E-state index is 12.2. The highest BCUT2D eigenvalue weighted by molar-refractivity contribution is 7.80. The number of likely N-dealkylation sites (N-methyl/N-ethyl adjacent to an activating group) is 1. The van der Waals surface area contributed by atoms with Crippen molar-refractivity contribution in [2.24, 2.45) is 5.92 Å². The van der Waals surface area contributed by atoms with Gasteiger partial charge >= 0.3 is 5.97 Å². The molecule has 0 bridgehead atoms. The Morgan fingerprint density at radius 3 is 2.52 bits per heavy atom. The molecule has 25 heavy (non-hydrogen) atoms. The number of rotatable bonds is 8. The third kappa shape index (κ3) is 6.22. The predicted molar refractivity (Wildman–Crippen MR) is 101 cm³/mol. The minimum absolute atomic E-state index is 0.140. The van der Waals surface area contributed by atoms with Gasteiger partial charge in [-0.15, -0.1) is 0 Å². The summed E-state index contributed by atoms with van der Waals surface area (Å²) in [7, 11) is 3.08. The number of benzene rings is 1. The highest BCUT2D eigenvalue weighted by atomic mass is 32.1. The Labute approximate surface area is 153 Å². The standard InChI is InChI=1S/C17H25N3O4S/c1-11(2)15(16(22)23)20(3)14(21)9-10-18-17(25)19-12-7-5-6-8-13(12)24-4/h5-8,11,15H,9-10H2,1-4H3,(H,22,23)(H2,18,19,25). The zero-order valence-corrected chi connectivity index (χ0v) is 15.7. The van der Waals surface area contributed by atoms with E-state index in [0.717, 1.165) is 5.69 Å². The first-order valence-corrected chi connectivity index (χ1v) is 8.35. The van der Waals surface area contributed by atoms with E-state index in [1.54, 1.807) is 27.0 Å². The van der Waals surface area contributed by atoms with Crippen molar-refractivity contribution >= 4 is 34.9 Å².